The predicted octanol–water partition coefficient (Wildman–Crippen LogP) is 3.85. The molecule has 0 saturated carbocycles. The fraction of sp³-hybridized carbons (Fsp3) is 0.238. The summed E-state index contributed by atoms with van der Waals surface area (Å²) in [6.07, 6.45) is 0.360. The number of hydrogen-bond acceptors (Lipinski definition) is 4. The van der Waals surface area contributed by atoms with E-state index in [-0.39, 0.29) is 5.91 Å². The lowest BCUT2D eigenvalue weighted by molar-refractivity contribution is -0.115. The van der Waals surface area contributed by atoms with E-state index in [9.17, 15) is 4.79 Å². The molecule has 0 fully saturated rings. The van der Waals surface area contributed by atoms with Crippen molar-refractivity contribution in [2.75, 3.05) is 17.7 Å². The average molecular weight is 348 g/mol. The van der Waals surface area contributed by atoms with Crippen LogP contribution in [-0.4, -0.2) is 18.7 Å². The highest BCUT2D eigenvalue weighted by Crippen LogP contribution is 2.39. The van der Waals surface area contributed by atoms with Crippen LogP contribution in [0.1, 0.15) is 25.0 Å². The van der Waals surface area contributed by atoms with Crippen LogP contribution in [0.2, 0.25) is 0 Å². The van der Waals surface area contributed by atoms with E-state index in [0.717, 1.165) is 45.0 Å². The van der Waals surface area contributed by atoms with E-state index < -0.39 is 0 Å². The molecule has 0 radical (unpaired) electrons. The zero-order chi connectivity index (χ0) is 18.8. The van der Waals surface area contributed by atoms with E-state index in [1.54, 1.807) is 7.05 Å². The van der Waals surface area contributed by atoms with Gasteiger partial charge in [0.15, 0.2) is 0 Å². The van der Waals surface area contributed by atoms with Crippen molar-refractivity contribution in [2.24, 2.45) is 10.7 Å². The van der Waals surface area contributed by atoms with Crippen molar-refractivity contribution >= 4 is 23.0 Å². The molecule has 5 heteroatoms. The van der Waals surface area contributed by atoms with Gasteiger partial charge in [0.05, 0.1) is 17.8 Å². The maximum atomic E-state index is 12.2. The van der Waals surface area contributed by atoms with Gasteiger partial charge in [0.2, 0.25) is 5.91 Å². The van der Waals surface area contributed by atoms with Crippen LogP contribution in [0.3, 0.4) is 0 Å². The predicted molar refractivity (Wildman–Crippen MR) is 108 cm³/mol. The van der Waals surface area contributed by atoms with E-state index in [1.807, 2.05) is 50.2 Å². The SMILES string of the molecule is CN=C(C)C(Nc1ccc2c(c1C)-c1ccccc1NC(=O)C2)=C(C)N. The number of carbonyl (C=O) groups excluding carboxylic acids is 1. The van der Waals surface area contributed by atoms with Crippen LogP contribution in [0.4, 0.5) is 11.4 Å². The molecule has 3 rings (SSSR count). The zero-order valence-corrected chi connectivity index (χ0v) is 15.6. The number of rotatable bonds is 3. The first-order chi connectivity index (χ1) is 12.4. The molecule has 1 amide bonds. The van der Waals surface area contributed by atoms with Crippen LogP contribution in [0.15, 0.2) is 52.8 Å². The van der Waals surface area contributed by atoms with Crippen LogP contribution < -0.4 is 16.4 Å². The summed E-state index contributed by atoms with van der Waals surface area (Å²) >= 11 is 0. The van der Waals surface area contributed by atoms with Crippen molar-refractivity contribution in [3.63, 3.8) is 0 Å². The molecule has 0 saturated heterocycles. The van der Waals surface area contributed by atoms with Gasteiger partial charge in [-0.3, -0.25) is 9.79 Å². The van der Waals surface area contributed by atoms with Gasteiger partial charge in [-0.1, -0.05) is 24.3 Å². The molecule has 1 aliphatic rings. The van der Waals surface area contributed by atoms with Gasteiger partial charge in [-0.2, -0.15) is 0 Å². The highest BCUT2D eigenvalue weighted by atomic mass is 16.1. The summed E-state index contributed by atoms with van der Waals surface area (Å²) in [5.41, 5.74) is 14.4. The van der Waals surface area contributed by atoms with Gasteiger partial charge in [-0.15, -0.1) is 0 Å². The van der Waals surface area contributed by atoms with Gasteiger partial charge >= 0.3 is 0 Å². The fourth-order valence-corrected chi connectivity index (χ4v) is 3.32. The lowest BCUT2D eigenvalue weighted by Gasteiger charge is -2.19. The monoisotopic (exact) mass is 348 g/mol. The van der Waals surface area contributed by atoms with Gasteiger partial charge < -0.3 is 16.4 Å². The second kappa shape index (κ2) is 7.04. The first-order valence-electron chi connectivity index (χ1n) is 8.61. The number of hydrogen-bond donors (Lipinski definition) is 3. The topological polar surface area (TPSA) is 79.5 Å². The van der Waals surface area contributed by atoms with Crippen molar-refractivity contribution in [2.45, 2.75) is 27.2 Å². The number of amides is 1. The van der Waals surface area contributed by atoms with E-state index in [4.69, 9.17) is 5.73 Å². The number of benzene rings is 2. The fourth-order valence-electron chi connectivity index (χ4n) is 3.32. The molecule has 0 atom stereocenters. The molecule has 0 aliphatic carbocycles. The Morgan fingerprint density at radius 1 is 1.19 bits per heavy atom. The molecule has 2 aromatic carbocycles. The highest BCUT2D eigenvalue weighted by molar-refractivity contribution is 6.03. The van der Waals surface area contributed by atoms with Gasteiger partial charge in [-0.05, 0) is 49.6 Å². The Kier molecular flexibility index (Phi) is 4.80. The minimum absolute atomic E-state index is 0.00339. The average Bonchev–Trinajstić information content (AvgIpc) is 2.75. The quantitative estimate of drug-likeness (QED) is 0.737. The lowest BCUT2D eigenvalue weighted by Crippen LogP contribution is -2.15. The number of carbonyl (C=O) groups is 1. The first-order valence-corrected chi connectivity index (χ1v) is 8.61. The van der Waals surface area contributed by atoms with Crippen molar-refractivity contribution in [1.29, 1.82) is 0 Å². The Hall–Kier alpha value is -3.08. The third-order valence-corrected chi connectivity index (χ3v) is 4.72. The molecule has 2 aromatic rings. The van der Waals surface area contributed by atoms with Gasteiger partial charge in [0.1, 0.15) is 0 Å². The van der Waals surface area contributed by atoms with Crippen molar-refractivity contribution in [3.05, 3.63) is 58.9 Å². The molecular formula is C21H24N4O. The summed E-state index contributed by atoms with van der Waals surface area (Å²) in [6, 6.07) is 11.9. The largest absolute Gasteiger partial charge is 0.401 e. The third-order valence-electron chi connectivity index (χ3n) is 4.72. The molecular weight excluding hydrogens is 324 g/mol. The van der Waals surface area contributed by atoms with E-state index in [0.29, 0.717) is 12.1 Å². The van der Waals surface area contributed by atoms with E-state index >= 15 is 0 Å². The molecule has 4 N–H and O–H groups in total. The molecule has 0 aromatic heterocycles. The van der Waals surface area contributed by atoms with Crippen LogP contribution in [0.25, 0.3) is 11.1 Å². The number of para-hydroxylation sites is 1. The zero-order valence-electron chi connectivity index (χ0n) is 15.6. The minimum atomic E-state index is 0.00339. The molecule has 1 heterocycles. The number of anilines is 2. The molecule has 5 nitrogen and oxygen atoms in total. The second-order valence-corrected chi connectivity index (χ2v) is 6.53. The number of fused-ring (bicyclic) bond motifs is 3. The first kappa shape index (κ1) is 17.7. The van der Waals surface area contributed by atoms with E-state index in [2.05, 4.69) is 22.5 Å². The number of nitrogens with one attached hydrogen (secondary N) is 2. The molecule has 26 heavy (non-hydrogen) atoms. The lowest BCUT2D eigenvalue weighted by atomic mass is 9.92. The van der Waals surface area contributed by atoms with Gasteiger partial charge in [-0.25, -0.2) is 0 Å². The van der Waals surface area contributed by atoms with Crippen LogP contribution in [-0.2, 0) is 11.2 Å². The molecule has 134 valence electrons. The Morgan fingerprint density at radius 3 is 2.62 bits per heavy atom. The summed E-state index contributed by atoms with van der Waals surface area (Å²) in [4.78, 5) is 16.5. The van der Waals surface area contributed by atoms with E-state index in [1.165, 1.54) is 0 Å². The molecule has 0 bridgehead atoms. The Labute approximate surface area is 154 Å². The van der Waals surface area contributed by atoms with Crippen LogP contribution >= 0.6 is 0 Å². The summed E-state index contributed by atoms with van der Waals surface area (Å²) in [6.45, 7) is 5.85. The molecule has 0 spiro atoms. The van der Waals surface area contributed by atoms with Crippen molar-refractivity contribution in [3.8, 4) is 11.1 Å². The normalized spacial score (nSPS) is 14.6. The summed E-state index contributed by atoms with van der Waals surface area (Å²) in [7, 11) is 1.75. The summed E-state index contributed by atoms with van der Waals surface area (Å²) in [5, 5.41) is 6.42. The third kappa shape index (κ3) is 3.20. The van der Waals surface area contributed by atoms with Crippen LogP contribution in [0, 0.1) is 6.92 Å². The standard InChI is InChI=1S/C21H24N4O/c1-12-17(25-21(13(2)22)14(3)23-4)10-9-15-11-19(26)24-18-8-6-5-7-16(18)20(12)15/h5-10,25H,11,22H2,1-4H3,(H,24,26). The van der Waals surface area contributed by atoms with Crippen LogP contribution in [0.5, 0.6) is 0 Å². The Balaban J connectivity index is 2.16. The number of nitrogens with zero attached hydrogens (tertiary/aromatic N) is 1. The highest BCUT2D eigenvalue weighted by Gasteiger charge is 2.21. The van der Waals surface area contributed by atoms with Crippen molar-refractivity contribution < 1.29 is 4.79 Å². The minimum Gasteiger partial charge on any atom is -0.401 e. The maximum Gasteiger partial charge on any atom is 0.228 e. The maximum absolute atomic E-state index is 12.2. The van der Waals surface area contributed by atoms with Gasteiger partial charge in [0, 0.05) is 29.7 Å². The summed E-state index contributed by atoms with van der Waals surface area (Å²) in [5.74, 6) is 0.00339. The second-order valence-electron chi connectivity index (χ2n) is 6.53. The van der Waals surface area contributed by atoms with Gasteiger partial charge in [0.25, 0.3) is 0 Å². The summed E-state index contributed by atoms with van der Waals surface area (Å²) < 4.78 is 0. The number of aliphatic imine (C=N–C) groups is 1. The Morgan fingerprint density at radius 2 is 1.92 bits per heavy atom. The number of nitrogens with two attached hydrogens (primary N) is 1. The smallest absolute Gasteiger partial charge is 0.228 e. The molecule has 0 unspecified atom stereocenters. The molecule has 1 aliphatic heterocycles. The van der Waals surface area contributed by atoms with Crippen molar-refractivity contribution in [1.82, 2.24) is 0 Å². The Bertz CT molecular complexity index is 937. The number of allylic oxidation sites excluding steroid dienone is 2.